The molecule has 2 fully saturated rings. The lowest BCUT2D eigenvalue weighted by molar-refractivity contribution is -0.384. The maximum Gasteiger partial charge on any atom is 0.293 e. The van der Waals surface area contributed by atoms with Crippen molar-refractivity contribution < 1.29 is 9.72 Å². The number of carbonyl (C=O) groups excluding carboxylic acids is 1. The highest BCUT2D eigenvalue weighted by Crippen LogP contribution is 2.34. The Hall–Kier alpha value is -1.86. The minimum Gasteiger partial charge on any atom is -0.365 e. The van der Waals surface area contributed by atoms with Crippen LogP contribution in [0.15, 0.2) is 18.2 Å². The molecular formula is C19H29ClN4O3. The molecule has 150 valence electrons. The number of hydrogen-bond acceptors (Lipinski definition) is 5. The quantitative estimate of drug-likeness (QED) is 0.627. The van der Waals surface area contributed by atoms with Crippen LogP contribution in [0, 0.1) is 22.0 Å². The van der Waals surface area contributed by atoms with E-state index in [9.17, 15) is 14.9 Å². The van der Waals surface area contributed by atoms with Crippen LogP contribution < -0.4 is 10.2 Å². The van der Waals surface area contributed by atoms with E-state index >= 15 is 0 Å². The smallest absolute Gasteiger partial charge is 0.293 e. The zero-order valence-electron chi connectivity index (χ0n) is 16.2. The number of anilines is 1. The molecule has 2 aliphatic heterocycles. The molecule has 1 amide bonds. The molecule has 1 aromatic carbocycles. The first-order valence-electron chi connectivity index (χ1n) is 9.42. The third-order valence-corrected chi connectivity index (χ3v) is 5.39. The first-order chi connectivity index (χ1) is 12.4. The van der Waals surface area contributed by atoms with Crippen molar-refractivity contribution >= 4 is 29.7 Å². The molecular weight excluding hydrogens is 368 g/mol. The van der Waals surface area contributed by atoms with Crippen LogP contribution >= 0.6 is 12.4 Å². The van der Waals surface area contributed by atoms with E-state index in [1.807, 2.05) is 6.92 Å². The van der Waals surface area contributed by atoms with Gasteiger partial charge in [-0.05, 0) is 37.3 Å². The third-order valence-electron chi connectivity index (χ3n) is 5.39. The minimum absolute atomic E-state index is 0. The van der Waals surface area contributed by atoms with Crippen molar-refractivity contribution in [3.8, 4) is 0 Å². The summed E-state index contributed by atoms with van der Waals surface area (Å²) in [5.41, 5.74) is 1.05. The van der Waals surface area contributed by atoms with Crippen LogP contribution in [0.5, 0.6) is 0 Å². The molecule has 0 bridgehead atoms. The first kappa shape index (κ1) is 21.4. The number of hydrogen-bond donors (Lipinski definition) is 1. The molecule has 8 heteroatoms. The first-order valence-corrected chi connectivity index (χ1v) is 9.42. The molecule has 1 aromatic rings. The van der Waals surface area contributed by atoms with E-state index in [-0.39, 0.29) is 35.0 Å². The summed E-state index contributed by atoms with van der Waals surface area (Å²) in [5.74, 6) is 0.872. The Kier molecular flexibility index (Phi) is 7.06. The Bertz CT molecular complexity index is 690. The average Bonchev–Trinajstić information content (AvgIpc) is 2.60. The second-order valence-corrected chi connectivity index (χ2v) is 7.86. The molecule has 0 saturated carbocycles. The van der Waals surface area contributed by atoms with E-state index in [0.717, 1.165) is 32.6 Å². The van der Waals surface area contributed by atoms with Gasteiger partial charge < -0.3 is 15.1 Å². The number of piperidine rings is 1. The van der Waals surface area contributed by atoms with Gasteiger partial charge in [0.2, 0.25) is 0 Å². The van der Waals surface area contributed by atoms with Crippen LogP contribution in [-0.4, -0.2) is 54.5 Å². The van der Waals surface area contributed by atoms with Gasteiger partial charge in [-0.15, -0.1) is 12.4 Å². The van der Waals surface area contributed by atoms with Gasteiger partial charge >= 0.3 is 0 Å². The van der Waals surface area contributed by atoms with Gasteiger partial charge in [0.1, 0.15) is 5.69 Å². The SMILES string of the molecule is CC1CC(C)CN(c2ccc(C(=O)N3CCNCC3C)cc2[N+](=O)[O-])C1.Cl. The maximum absolute atomic E-state index is 12.8. The van der Waals surface area contributed by atoms with Gasteiger partial charge in [0.05, 0.1) is 4.92 Å². The zero-order chi connectivity index (χ0) is 18.8. The summed E-state index contributed by atoms with van der Waals surface area (Å²) < 4.78 is 0. The molecule has 7 nitrogen and oxygen atoms in total. The Balaban J connectivity index is 0.00000261. The molecule has 0 aromatic heterocycles. The monoisotopic (exact) mass is 396 g/mol. The number of piperazine rings is 1. The Morgan fingerprint density at radius 3 is 2.48 bits per heavy atom. The van der Waals surface area contributed by atoms with Crippen molar-refractivity contribution in [2.45, 2.75) is 33.2 Å². The second-order valence-electron chi connectivity index (χ2n) is 7.86. The van der Waals surface area contributed by atoms with Crippen LogP contribution in [0.1, 0.15) is 37.6 Å². The Morgan fingerprint density at radius 2 is 1.89 bits per heavy atom. The largest absolute Gasteiger partial charge is 0.365 e. The van der Waals surface area contributed by atoms with Crippen molar-refractivity contribution in [2.24, 2.45) is 11.8 Å². The molecule has 0 spiro atoms. The summed E-state index contributed by atoms with van der Waals surface area (Å²) >= 11 is 0. The van der Waals surface area contributed by atoms with Crippen molar-refractivity contribution in [1.29, 1.82) is 0 Å². The van der Waals surface area contributed by atoms with E-state index in [0.29, 0.717) is 29.6 Å². The van der Waals surface area contributed by atoms with Gasteiger partial charge in [-0.1, -0.05) is 13.8 Å². The van der Waals surface area contributed by atoms with Crippen LogP contribution in [-0.2, 0) is 0 Å². The summed E-state index contributed by atoms with van der Waals surface area (Å²) in [6.45, 7) is 10.1. The summed E-state index contributed by atoms with van der Waals surface area (Å²) in [6, 6.07) is 5.03. The van der Waals surface area contributed by atoms with E-state index in [4.69, 9.17) is 0 Å². The molecule has 2 aliphatic rings. The lowest BCUT2D eigenvalue weighted by Crippen LogP contribution is -2.52. The molecule has 2 saturated heterocycles. The number of nitro groups is 1. The summed E-state index contributed by atoms with van der Waals surface area (Å²) in [5, 5.41) is 14.9. The molecule has 3 unspecified atom stereocenters. The number of benzene rings is 1. The molecule has 2 heterocycles. The Labute approximate surface area is 166 Å². The molecule has 0 aliphatic carbocycles. The predicted molar refractivity (Wildman–Crippen MR) is 109 cm³/mol. The van der Waals surface area contributed by atoms with Crippen molar-refractivity contribution in [1.82, 2.24) is 10.2 Å². The average molecular weight is 397 g/mol. The van der Waals surface area contributed by atoms with Gasteiger partial charge in [-0.2, -0.15) is 0 Å². The van der Waals surface area contributed by atoms with Crippen molar-refractivity contribution in [3.63, 3.8) is 0 Å². The Morgan fingerprint density at radius 1 is 1.22 bits per heavy atom. The highest BCUT2D eigenvalue weighted by molar-refractivity contribution is 5.96. The molecule has 3 rings (SSSR count). The van der Waals surface area contributed by atoms with Gasteiger partial charge in [0.15, 0.2) is 0 Å². The zero-order valence-corrected chi connectivity index (χ0v) is 17.0. The lowest BCUT2D eigenvalue weighted by atomic mass is 9.91. The highest BCUT2D eigenvalue weighted by Gasteiger charge is 2.30. The normalized spacial score (nSPS) is 25.7. The number of nitrogens with zero attached hydrogens (tertiary/aromatic N) is 3. The number of halogens is 1. The van der Waals surface area contributed by atoms with E-state index in [2.05, 4.69) is 24.1 Å². The van der Waals surface area contributed by atoms with Crippen molar-refractivity contribution in [2.75, 3.05) is 37.6 Å². The number of amides is 1. The highest BCUT2D eigenvalue weighted by atomic mass is 35.5. The molecule has 27 heavy (non-hydrogen) atoms. The van der Waals surface area contributed by atoms with Gasteiger partial charge in [-0.25, -0.2) is 0 Å². The van der Waals surface area contributed by atoms with Gasteiger partial charge in [0.25, 0.3) is 11.6 Å². The summed E-state index contributed by atoms with van der Waals surface area (Å²) in [6.07, 6.45) is 1.14. The number of nitrogens with one attached hydrogen (secondary N) is 1. The fraction of sp³-hybridized carbons (Fsp3) is 0.632. The maximum atomic E-state index is 12.8. The summed E-state index contributed by atoms with van der Waals surface area (Å²) in [4.78, 5) is 28.0. The number of carbonyl (C=O) groups is 1. The standard InChI is InChI=1S/C19H28N4O3.ClH/c1-13-8-14(2)12-21(11-13)17-5-4-16(9-18(17)23(25)26)19(24)22-7-6-20-10-15(22)3;/h4-5,9,13-15,20H,6-8,10-12H2,1-3H3;1H. The molecule has 3 atom stereocenters. The fourth-order valence-electron chi connectivity index (χ4n) is 4.24. The number of nitro benzene ring substituents is 1. The lowest BCUT2D eigenvalue weighted by Gasteiger charge is -2.36. The third kappa shape index (κ3) is 4.71. The van der Waals surface area contributed by atoms with E-state index < -0.39 is 0 Å². The van der Waals surface area contributed by atoms with Crippen LogP contribution in [0.3, 0.4) is 0 Å². The molecule has 1 N–H and O–H groups in total. The van der Waals surface area contributed by atoms with E-state index in [1.54, 1.807) is 17.0 Å². The van der Waals surface area contributed by atoms with Crippen LogP contribution in [0.2, 0.25) is 0 Å². The summed E-state index contributed by atoms with van der Waals surface area (Å²) in [7, 11) is 0. The van der Waals surface area contributed by atoms with Crippen LogP contribution in [0.4, 0.5) is 11.4 Å². The second kappa shape index (κ2) is 8.89. The van der Waals surface area contributed by atoms with Gasteiger partial charge in [-0.3, -0.25) is 14.9 Å². The molecule has 0 radical (unpaired) electrons. The fourth-order valence-corrected chi connectivity index (χ4v) is 4.24. The van der Waals surface area contributed by atoms with Crippen LogP contribution in [0.25, 0.3) is 0 Å². The van der Waals surface area contributed by atoms with Crippen molar-refractivity contribution in [3.05, 3.63) is 33.9 Å². The van der Waals surface area contributed by atoms with Gasteiger partial charge in [0, 0.05) is 50.4 Å². The minimum atomic E-state index is -0.364. The number of rotatable bonds is 3. The van der Waals surface area contributed by atoms with E-state index in [1.165, 1.54) is 6.07 Å². The topological polar surface area (TPSA) is 78.7 Å². The predicted octanol–water partition coefficient (Wildman–Crippen LogP) is 2.93.